The highest BCUT2D eigenvalue weighted by molar-refractivity contribution is 9.10. The van der Waals surface area contributed by atoms with Crippen LogP contribution in [0.5, 0.6) is 5.75 Å². The number of hydrogen-bond donors (Lipinski definition) is 3. The summed E-state index contributed by atoms with van der Waals surface area (Å²) in [5.41, 5.74) is 2.07. The Bertz CT molecular complexity index is 641. The van der Waals surface area contributed by atoms with Gasteiger partial charge < -0.3 is 15.7 Å². The van der Waals surface area contributed by atoms with Crippen LogP contribution in [0.3, 0.4) is 0 Å². The van der Waals surface area contributed by atoms with Crippen LogP contribution in [0.1, 0.15) is 28.9 Å². The molecule has 0 heterocycles. The third-order valence-corrected chi connectivity index (χ3v) is 3.80. The van der Waals surface area contributed by atoms with Crippen molar-refractivity contribution in [2.75, 3.05) is 12.4 Å². The monoisotopic (exact) mass is 348 g/mol. The zero-order valence-electron chi connectivity index (χ0n) is 11.9. The Kier molecular flexibility index (Phi) is 4.98. The van der Waals surface area contributed by atoms with Crippen LogP contribution >= 0.6 is 15.9 Å². The van der Waals surface area contributed by atoms with E-state index in [1.54, 1.807) is 12.1 Å². The number of phenols is 1. The van der Waals surface area contributed by atoms with Gasteiger partial charge in [-0.1, -0.05) is 28.1 Å². The molecule has 0 radical (unpaired) electrons. The first-order chi connectivity index (χ1) is 10.0. The van der Waals surface area contributed by atoms with Crippen molar-refractivity contribution in [3.05, 3.63) is 58.1 Å². The van der Waals surface area contributed by atoms with Crippen molar-refractivity contribution in [2.45, 2.75) is 13.0 Å². The number of carbonyl (C=O) groups is 1. The van der Waals surface area contributed by atoms with E-state index in [1.807, 2.05) is 31.3 Å². The first-order valence-electron chi connectivity index (χ1n) is 6.58. The fourth-order valence-corrected chi connectivity index (χ4v) is 2.27. The first kappa shape index (κ1) is 15.5. The van der Waals surface area contributed by atoms with E-state index in [9.17, 15) is 9.90 Å². The average molecular weight is 349 g/mol. The zero-order valence-corrected chi connectivity index (χ0v) is 13.4. The van der Waals surface area contributed by atoms with Gasteiger partial charge in [-0.2, -0.15) is 0 Å². The Hall–Kier alpha value is -1.85. The summed E-state index contributed by atoms with van der Waals surface area (Å²) in [7, 11) is 1.90. The summed E-state index contributed by atoms with van der Waals surface area (Å²) in [5.74, 6) is -0.392. The molecule has 0 fully saturated rings. The highest BCUT2D eigenvalue weighted by Crippen LogP contribution is 2.23. The van der Waals surface area contributed by atoms with E-state index in [4.69, 9.17) is 0 Å². The van der Waals surface area contributed by atoms with Gasteiger partial charge in [-0.05, 0) is 49.9 Å². The Morgan fingerprint density at radius 1 is 1.19 bits per heavy atom. The molecular weight excluding hydrogens is 332 g/mol. The van der Waals surface area contributed by atoms with Crippen LogP contribution in [0.4, 0.5) is 5.69 Å². The molecule has 0 saturated carbocycles. The SMILES string of the molecule is CNC(C)c1ccc(NC(=O)c2ccc(Br)cc2O)cc1. The molecule has 2 aromatic rings. The smallest absolute Gasteiger partial charge is 0.259 e. The Balaban J connectivity index is 2.12. The zero-order chi connectivity index (χ0) is 15.4. The molecule has 5 heteroatoms. The minimum atomic E-state index is -0.339. The molecule has 1 amide bonds. The van der Waals surface area contributed by atoms with Crippen LogP contribution in [0.25, 0.3) is 0 Å². The van der Waals surface area contributed by atoms with Gasteiger partial charge in [-0.3, -0.25) is 4.79 Å². The number of nitrogens with one attached hydrogen (secondary N) is 2. The van der Waals surface area contributed by atoms with Gasteiger partial charge in [0.15, 0.2) is 0 Å². The van der Waals surface area contributed by atoms with Crippen LogP contribution in [-0.4, -0.2) is 18.1 Å². The predicted molar refractivity (Wildman–Crippen MR) is 87.7 cm³/mol. The molecule has 110 valence electrons. The first-order valence-corrected chi connectivity index (χ1v) is 7.37. The Labute approximate surface area is 132 Å². The van der Waals surface area contributed by atoms with E-state index in [0.717, 1.165) is 10.0 Å². The number of aromatic hydroxyl groups is 1. The number of carbonyl (C=O) groups excluding carboxylic acids is 1. The van der Waals surface area contributed by atoms with E-state index >= 15 is 0 Å². The van der Waals surface area contributed by atoms with Crippen molar-refractivity contribution in [3.8, 4) is 5.75 Å². The lowest BCUT2D eigenvalue weighted by Gasteiger charge is -2.12. The van der Waals surface area contributed by atoms with Crippen molar-refractivity contribution in [2.24, 2.45) is 0 Å². The van der Waals surface area contributed by atoms with E-state index in [1.165, 1.54) is 6.07 Å². The third-order valence-electron chi connectivity index (χ3n) is 3.31. The second kappa shape index (κ2) is 6.74. The summed E-state index contributed by atoms with van der Waals surface area (Å²) in [6.07, 6.45) is 0. The maximum atomic E-state index is 12.1. The fraction of sp³-hybridized carbons (Fsp3) is 0.188. The molecule has 2 aromatic carbocycles. The van der Waals surface area contributed by atoms with E-state index in [-0.39, 0.29) is 23.3 Å². The highest BCUT2D eigenvalue weighted by atomic mass is 79.9. The van der Waals surface area contributed by atoms with Gasteiger partial charge in [-0.25, -0.2) is 0 Å². The molecule has 4 nitrogen and oxygen atoms in total. The summed E-state index contributed by atoms with van der Waals surface area (Å²) >= 11 is 3.24. The molecule has 0 bridgehead atoms. The average Bonchev–Trinajstić information content (AvgIpc) is 2.47. The molecule has 21 heavy (non-hydrogen) atoms. The molecule has 1 atom stereocenters. The lowest BCUT2D eigenvalue weighted by Crippen LogP contribution is -2.13. The number of phenolic OH excluding ortho intramolecular Hbond substituents is 1. The third kappa shape index (κ3) is 3.83. The number of rotatable bonds is 4. The lowest BCUT2D eigenvalue weighted by atomic mass is 10.1. The maximum absolute atomic E-state index is 12.1. The van der Waals surface area contributed by atoms with E-state index in [2.05, 4.69) is 33.5 Å². The van der Waals surface area contributed by atoms with Gasteiger partial charge in [0.1, 0.15) is 5.75 Å². The minimum Gasteiger partial charge on any atom is -0.507 e. The van der Waals surface area contributed by atoms with Gasteiger partial charge in [-0.15, -0.1) is 0 Å². The molecule has 3 N–H and O–H groups in total. The maximum Gasteiger partial charge on any atom is 0.259 e. The molecule has 2 rings (SSSR count). The summed E-state index contributed by atoms with van der Waals surface area (Å²) < 4.78 is 0.724. The van der Waals surface area contributed by atoms with Crippen LogP contribution in [0, 0.1) is 0 Å². The molecular formula is C16H17BrN2O2. The number of hydrogen-bond acceptors (Lipinski definition) is 3. The number of halogens is 1. The molecule has 0 aliphatic heterocycles. The second-order valence-electron chi connectivity index (χ2n) is 4.75. The van der Waals surface area contributed by atoms with E-state index < -0.39 is 0 Å². The number of anilines is 1. The summed E-state index contributed by atoms with van der Waals surface area (Å²) in [6.45, 7) is 2.06. The van der Waals surface area contributed by atoms with E-state index in [0.29, 0.717) is 5.69 Å². The van der Waals surface area contributed by atoms with Crippen molar-refractivity contribution in [1.29, 1.82) is 0 Å². The van der Waals surface area contributed by atoms with Gasteiger partial charge in [0, 0.05) is 16.2 Å². The summed E-state index contributed by atoms with van der Waals surface area (Å²) in [4.78, 5) is 12.1. The quantitative estimate of drug-likeness (QED) is 0.789. The lowest BCUT2D eigenvalue weighted by molar-refractivity contribution is 0.102. The van der Waals surface area contributed by atoms with Gasteiger partial charge in [0.2, 0.25) is 0 Å². The van der Waals surface area contributed by atoms with Crippen LogP contribution in [0.2, 0.25) is 0 Å². The topological polar surface area (TPSA) is 61.4 Å². The van der Waals surface area contributed by atoms with Crippen molar-refractivity contribution >= 4 is 27.5 Å². The summed E-state index contributed by atoms with van der Waals surface area (Å²) in [5, 5.41) is 15.7. The minimum absolute atomic E-state index is 0.0534. The Morgan fingerprint density at radius 2 is 1.86 bits per heavy atom. The fourth-order valence-electron chi connectivity index (χ4n) is 1.92. The standard InChI is InChI=1S/C16H17BrN2O2/c1-10(18-2)11-3-6-13(7-4-11)19-16(21)14-8-5-12(17)9-15(14)20/h3-10,18,20H,1-2H3,(H,19,21). The summed E-state index contributed by atoms with van der Waals surface area (Å²) in [6, 6.07) is 12.6. The van der Waals surface area contributed by atoms with Crippen molar-refractivity contribution < 1.29 is 9.90 Å². The normalized spacial score (nSPS) is 12.0. The van der Waals surface area contributed by atoms with Crippen molar-refractivity contribution in [3.63, 3.8) is 0 Å². The molecule has 0 spiro atoms. The van der Waals surface area contributed by atoms with Gasteiger partial charge >= 0.3 is 0 Å². The van der Waals surface area contributed by atoms with Crippen LogP contribution < -0.4 is 10.6 Å². The molecule has 1 unspecified atom stereocenters. The van der Waals surface area contributed by atoms with Crippen molar-refractivity contribution in [1.82, 2.24) is 5.32 Å². The highest BCUT2D eigenvalue weighted by Gasteiger charge is 2.11. The largest absolute Gasteiger partial charge is 0.507 e. The van der Waals surface area contributed by atoms with Crippen LogP contribution in [-0.2, 0) is 0 Å². The number of amides is 1. The van der Waals surface area contributed by atoms with Gasteiger partial charge in [0.25, 0.3) is 5.91 Å². The molecule has 0 aliphatic carbocycles. The molecule has 0 aromatic heterocycles. The number of benzene rings is 2. The van der Waals surface area contributed by atoms with Gasteiger partial charge in [0.05, 0.1) is 5.56 Å². The Morgan fingerprint density at radius 3 is 2.43 bits per heavy atom. The van der Waals surface area contributed by atoms with Crippen LogP contribution in [0.15, 0.2) is 46.9 Å². The molecule has 0 aliphatic rings. The predicted octanol–water partition coefficient (Wildman–Crippen LogP) is 3.69. The molecule has 0 saturated heterocycles. The second-order valence-corrected chi connectivity index (χ2v) is 5.66.